The fourth-order valence-electron chi connectivity index (χ4n) is 2.05. The van der Waals surface area contributed by atoms with Crippen molar-refractivity contribution in [1.29, 1.82) is 0 Å². The third-order valence-corrected chi connectivity index (χ3v) is 3.20. The van der Waals surface area contributed by atoms with Crippen molar-refractivity contribution >= 4 is 11.6 Å². The fourth-order valence-corrected chi connectivity index (χ4v) is 2.05. The van der Waals surface area contributed by atoms with E-state index in [9.17, 15) is 4.79 Å². The van der Waals surface area contributed by atoms with Crippen LogP contribution in [0.4, 0.5) is 5.69 Å². The van der Waals surface area contributed by atoms with Crippen molar-refractivity contribution < 1.29 is 9.53 Å². The molecule has 4 heteroatoms. The van der Waals surface area contributed by atoms with Crippen LogP contribution in [0.1, 0.15) is 31.9 Å². The van der Waals surface area contributed by atoms with E-state index in [4.69, 9.17) is 11.2 Å². The Labute approximate surface area is 113 Å². The average molecular weight is 258 g/mol. The standard InChI is InChI=1S/C15H18N2O2/c1-4-12(5-2)16-10(3)11-6-7-14-13(8-11)17-15(18)9-19-14/h1,6-8,10,12,16H,5,9H2,2-3H3,(H,17,18). The maximum Gasteiger partial charge on any atom is 0.262 e. The molecule has 0 saturated heterocycles. The van der Waals surface area contributed by atoms with Crippen molar-refractivity contribution in [2.45, 2.75) is 32.4 Å². The third-order valence-electron chi connectivity index (χ3n) is 3.20. The molecule has 1 aliphatic heterocycles. The molecular formula is C15H18N2O2. The van der Waals surface area contributed by atoms with Gasteiger partial charge in [0.2, 0.25) is 0 Å². The molecule has 2 atom stereocenters. The summed E-state index contributed by atoms with van der Waals surface area (Å²) in [5, 5.41) is 6.17. The van der Waals surface area contributed by atoms with Crippen LogP contribution in [0.15, 0.2) is 18.2 Å². The molecule has 0 radical (unpaired) electrons. The number of fused-ring (bicyclic) bond motifs is 1. The minimum Gasteiger partial charge on any atom is -0.482 e. The van der Waals surface area contributed by atoms with Crippen LogP contribution in [-0.4, -0.2) is 18.6 Å². The number of benzene rings is 1. The Hall–Kier alpha value is -1.99. The summed E-state index contributed by atoms with van der Waals surface area (Å²) in [6.07, 6.45) is 6.33. The van der Waals surface area contributed by atoms with Crippen LogP contribution < -0.4 is 15.4 Å². The highest BCUT2D eigenvalue weighted by Gasteiger charge is 2.18. The zero-order chi connectivity index (χ0) is 13.8. The Kier molecular flexibility index (Phi) is 4.08. The number of hydrogen-bond acceptors (Lipinski definition) is 3. The van der Waals surface area contributed by atoms with Gasteiger partial charge < -0.3 is 10.1 Å². The van der Waals surface area contributed by atoms with Crippen molar-refractivity contribution in [3.05, 3.63) is 23.8 Å². The molecule has 1 aromatic carbocycles. The fraction of sp³-hybridized carbons (Fsp3) is 0.400. The summed E-state index contributed by atoms with van der Waals surface area (Å²) in [5.41, 5.74) is 1.79. The number of rotatable bonds is 4. The summed E-state index contributed by atoms with van der Waals surface area (Å²) in [4.78, 5) is 11.3. The van der Waals surface area contributed by atoms with Gasteiger partial charge in [-0.3, -0.25) is 10.1 Å². The monoisotopic (exact) mass is 258 g/mol. The minimum absolute atomic E-state index is 0.0527. The number of anilines is 1. The summed E-state index contributed by atoms with van der Waals surface area (Å²) in [7, 11) is 0. The largest absolute Gasteiger partial charge is 0.482 e. The van der Waals surface area contributed by atoms with Gasteiger partial charge >= 0.3 is 0 Å². The molecule has 0 fully saturated rings. The zero-order valence-corrected chi connectivity index (χ0v) is 11.2. The predicted octanol–water partition coefficient (Wildman–Crippen LogP) is 2.08. The first-order chi connectivity index (χ1) is 9.13. The van der Waals surface area contributed by atoms with Crippen LogP contribution in [0.3, 0.4) is 0 Å². The molecule has 19 heavy (non-hydrogen) atoms. The van der Waals surface area contributed by atoms with Crippen molar-refractivity contribution in [2.75, 3.05) is 11.9 Å². The molecule has 100 valence electrons. The van der Waals surface area contributed by atoms with E-state index in [1.807, 2.05) is 32.0 Å². The Morgan fingerprint density at radius 3 is 3.05 bits per heavy atom. The summed E-state index contributed by atoms with van der Waals surface area (Å²) < 4.78 is 5.33. The molecule has 0 bridgehead atoms. The lowest BCUT2D eigenvalue weighted by Gasteiger charge is -2.22. The van der Waals surface area contributed by atoms with E-state index >= 15 is 0 Å². The highest BCUT2D eigenvalue weighted by atomic mass is 16.5. The van der Waals surface area contributed by atoms with Crippen LogP contribution in [-0.2, 0) is 4.79 Å². The van der Waals surface area contributed by atoms with E-state index < -0.39 is 0 Å². The topological polar surface area (TPSA) is 50.4 Å². The van der Waals surface area contributed by atoms with E-state index in [-0.39, 0.29) is 24.6 Å². The number of terminal acetylenes is 1. The second-order valence-electron chi connectivity index (χ2n) is 4.61. The Balaban J connectivity index is 2.15. The van der Waals surface area contributed by atoms with E-state index in [0.717, 1.165) is 17.7 Å². The second-order valence-corrected chi connectivity index (χ2v) is 4.61. The van der Waals surface area contributed by atoms with Gasteiger partial charge in [0, 0.05) is 6.04 Å². The van der Waals surface area contributed by atoms with Crippen molar-refractivity contribution in [3.63, 3.8) is 0 Å². The van der Waals surface area contributed by atoms with E-state index in [2.05, 4.69) is 16.6 Å². The lowest BCUT2D eigenvalue weighted by molar-refractivity contribution is -0.118. The SMILES string of the molecule is C#CC(CC)NC(C)c1ccc2c(c1)NC(=O)CO2. The molecule has 0 aliphatic carbocycles. The van der Waals surface area contributed by atoms with Crippen molar-refractivity contribution in [1.82, 2.24) is 5.32 Å². The maximum absolute atomic E-state index is 11.3. The number of carbonyl (C=O) groups excluding carboxylic acids is 1. The number of carbonyl (C=O) groups is 1. The third kappa shape index (κ3) is 3.07. The summed E-state index contributed by atoms with van der Waals surface area (Å²) >= 11 is 0. The smallest absolute Gasteiger partial charge is 0.262 e. The first-order valence-electron chi connectivity index (χ1n) is 6.42. The van der Waals surface area contributed by atoms with E-state index in [1.165, 1.54) is 0 Å². The van der Waals surface area contributed by atoms with Gasteiger partial charge in [0.05, 0.1) is 11.7 Å². The minimum atomic E-state index is -0.125. The zero-order valence-electron chi connectivity index (χ0n) is 11.2. The van der Waals surface area contributed by atoms with Crippen LogP contribution >= 0.6 is 0 Å². The number of amides is 1. The summed E-state index contributed by atoms with van der Waals surface area (Å²) in [6, 6.07) is 5.95. The van der Waals surface area contributed by atoms with Crippen LogP contribution in [0.2, 0.25) is 0 Å². The predicted molar refractivity (Wildman–Crippen MR) is 75.0 cm³/mol. The van der Waals surface area contributed by atoms with Gasteiger partial charge in [-0.2, -0.15) is 0 Å². The van der Waals surface area contributed by atoms with Gasteiger partial charge in [-0.25, -0.2) is 0 Å². The molecule has 1 heterocycles. The molecule has 2 rings (SSSR count). The lowest BCUT2D eigenvalue weighted by atomic mass is 10.0. The van der Waals surface area contributed by atoms with Crippen molar-refractivity contribution in [3.8, 4) is 18.1 Å². The van der Waals surface area contributed by atoms with Gasteiger partial charge in [0.15, 0.2) is 6.61 Å². The molecule has 1 aliphatic rings. The quantitative estimate of drug-likeness (QED) is 0.813. The molecule has 1 aromatic rings. The Bertz CT molecular complexity index is 519. The molecular weight excluding hydrogens is 240 g/mol. The van der Waals surface area contributed by atoms with Gasteiger partial charge in [-0.05, 0) is 31.0 Å². The number of nitrogens with one attached hydrogen (secondary N) is 2. The van der Waals surface area contributed by atoms with E-state index in [0.29, 0.717) is 5.75 Å². The van der Waals surface area contributed by atoms with Gasteiger partial charge in [0.1, 0.15) is 5.75 Å². The summed E-state index contributed by atoms with van der Waals surface area (Å²) in [6.45, 7) is 4.17. The molecule has 2 N–H and O–H groups in total. The molecule has 4 nitrogen and oxygen atoms in total. The van der Waals surface area contributed by atoms with Gasteiger partial charge in [-0.1, -0.05) is 18.9 Å². The summed E-state index contributed by atoms with van der Waals surface area (Å²) in [5.74, 6) is 3.30. The Morgan fingerprint density at radius 2 is 2.37 bits per heavy atom. The number of ether oxygens (including phenoxy) is 1. The van der Waals surface area contributed by atoms with Crippen molar-refractivity contribution in [2.24, 2.45) is 0 Å². The maximum atomic E-state index is 11.3. The average Bonchev–Trinajstić information content (AvgIpc) is 2.43. The van der Waals surface area contributed by atoms with Crippen LogP contribution in [0.5, 0.6) is 5.75 Å². The van der Waals surface area contributed by atoms with E-state index in [1.54, 1.807) is 0 Å². The molecule has 0 spiro atoms. The first-order valence-corrected chi connectivity index (χ1v) is 6.42. The van der Waals surface area contributed by atoms with Gasteiger partial charge in [0.25, 0.3) is 5.91 Å². The first kappa shape index (κ1) is 13.4. The normalized spacial score (nSPS) is 16.6. The lowest BCUT2D eigenvalue weighted by Crippen LogP contribution is -2.30. The van der Waals surface area contributed by atoms with Crippen LogP contribution in [0, 0.1) is 12.3 Å². The number of hydrogen-bond donors (Lipinski definition) is 2. The molecule has 1 amide bonds. The molecule has 0 aromatic heterocycles. The second kappa shape index (κ2) is 5.77. The molecule has 2 unspecified atom stereocenters. The highest BCUT2D eigenvalue weighted by Crippen LogP contribution is 2.30. The Morgan fingerprint density at radius 1 is 1.58 bits per heavy atom. The van der Waals surface area contributed by atoms with Crippen LogP contribution in [0.25, 0.3) is 0 Å². The van der Waals surface area contributed by atoms with Gasteiger partial charge in [-0.15, -0.1) is 6.42 Å². The highest BCUT2D eigenvalue weighted by molar-refractivity contribution is 5.95. The molecule has 0 saturated carbocycles.